The number of benzene rings is 2. The fourth-order valence-electron chi connectivity index (χ4n) is 2.78. The molecule has 0 fully saturated rings. The molecule has 164 valence electrons. The molecule has 4 rings (SSSR count). The average Bonchev–Trinajstić information content (AvgIpc) is 3.47. The maximum atomic E-state index is 12.5. The van der Waals surface area contributed by atoms with Crippen LogP contribution in [0, 0.1) is 0 Å². The summed E-state index contributed by atoms with van der Waals surface area (Å²) in [5.41, 5.74) is 0.977. The Morgan fingerprint density at radius 2 is 1.78 bits per heavy atom. The molecule has 0 bridgehead atoms. The number of halogens is 1. The van der Waals surface area contributed by atoms with Gasteiger partial charge in [-0.2, -0.15) is 4.98 Å². The molecular formula is C21H17ClN4O5S. The smallest absolute Gasteiger partial charge is 0.287 e. The quantitative estimate of drug-likeness (QED) is 0.411. The lowest BCUT2D eigenvalue weighted by molar-refractivity contribution is 0.0904. The number of hydrogen-bond donors (Lipinski definition) is 2. The van der Waals surface area contributed by atoms with Crippen molar-refractivity contribution in [3.05, 3.63) is 83.6 Å². The summed E-state index contributed by atoms with van der Waals surface area (Å²) in [6.07, 6.45) is 1.41. The Balaban J connectivity index is 1.44. The highest BCUT2D eigenvalue weighted by Gasteiger charge is 2.20. The second kappa shape index (κ2) is 8.85. The monoisotopic (exact) mass is 472 g/mol. The number of carbonyl (C=O) groups is 1. The zero-order valence-electron chi connectivity index (χ0n) is 16.7. The Morgan fingerprint density at radius 1 is 1.06 bits per heavy atom. The molecule has 0 aliphatic carbocycles. The van der Waals surface area contributed by atoms with Gasteiger partial charge in [-0.1, -0.05) is 16.8 Å². The first-order valence-corrected chi connectivity index (χ1v) is 11.2. The van der Waals surface area contributed by atoms with Crippen LogP contribution in [0.4, 0.5) is 5.69 Å². The Kier molecular flexibility index (Phi) is 5.97. The van der Waals surface area contributed by atoms with Crippen LogP contribution in [0.25, 0.3) is 11.4 Å². The van der Waals surface area contributed by atoms with E-state index in [4.69, 9.17) is 20.5 Å². The van der Waals surface area contributed by atoms with Crippen LogP contribution in [-0.2, 0) is 10.0 Å². The molecule has 1 atom stereocenters. The van der Waals surface area contributed by atoms with Crippen LogP contribution in [0.5, 0.6) is 0 Å². The highest BCUT2D eigenvalue weighted by atomic mass is 35.5. The van der Waals surface area contributed by atoms with E-state index in [1.165, 1.54) is 30.5 Å². The van der Waals surface area contributed by atoms with E-state index in [0.29, 0.717) is 22.1 Å². The largest absolute Gasteiger partial charge is 0.459 e. The van der Waals surface area contributed by atoms with Crippen LogP contribution in [0.1, 0.15) is 29.4 Å². The molecule has 1 amide bonds. The van der Waals surface area contributed by atoms with Gasteiger partial charge < -0.3 is 14.3 Å². The molecule has 0 aliphatic rings. The van der Waals surface area contributed by atoms with Crippen molar-refractivity contribution in [3.8, 4) is 11.4 Å². The zero-order chi connectivity index (χ0) is 22.7. The van der Waals surface area contributed by atoms with E-state index in [0.717, 1.165) is 0 Å². The second-order valence-corrected chi connectivity index (χ2v) is 8.88. The maximum absolute atomic E-state index is 12.5. The van der Waals surface area contributed by atoms with Crippen molar-refractivity contribution in [2.75, 3.05) is 4.72 Å². The first-order valence-electron chi connectivity index (χ1n) is 9.38. The summed E-state index contributed by atoms with van der Waals surface area (Å²) >= 11 is 5.81. The molecule has 0 radical (unpaired) electrons. The lowest BCUT2D eigenvalue weighted by Gasteiger charge is -2.08. The summed E-state index contributed by atoms with van der Waals surface area (Å²) in [4.78, 5) is 16.5. The molecule has 2 aromatic carbocycles. The number of furan rings is 1. The van der Waals surface area contributed by atoms with E-state index in [9.17, 15) is 13.2 Å². The molecule has 2 N–H and O–H groups in total. The summed E-state index contributed by atoms with van der Waals surface area (Å²) in [5.74, 6) is 0.284. The van der Waals surface area contributed by atoms with Crippen LogP contribution in [0.2, 0.25) is 5.02 Å². The van der Waals surface area contributed by atoms with Gasteiger partial charge in [0.25, 0.3) is 15.9 Å². The van der Waals surface area contributed by atoms with E-state index in [2.05, 4.69) is 20.2 Å². The van der Waals surface area contributed by atoms with Gasteiger partial charge in [-0.25, -0.2) is 8.42 Å². The van der Waals surface area contributed by atoms with Crippen LogP contribution >= 0.6 is 11.6 Å². The molecular weight excluding hydrogens is 456 g/mol. The molecule has 11 heteroatoms. The van der Waals surface area contributed by atoms with E-state index < -0.39 is 22.0 Å². The normalized spacial score (nSPS) is 12.3. The molecule has 0 spiro atoms. The summed E-state index contributed by atoms with van der Waals surface area (Å²) in [5, 5.41) is 7.08. The first kappa shape index (κ1) is 21.6. The highest BCUT2D eigenvalue weighted by Crippen LogP contribution is 2.23. The predicted octanol–water partition coefficient (Wildman–Crippen LogP) is 4.27. The minimum absolute atomic E-state index is 0.0966. The maximum Gasteiger partial charge on any atom is 0.287 e. The van der Waals surface area contributed by atoms with Gasteiger partial charge in [0, 0.05) is 16.3 Å². The Morgan fingerprint density at radius 3 is 2.44 bits per heavy atom. The van der Waals surface area contributed by atoms with Gasteiger partial charge in [0.1, 0.15) is 6.04 Å². The summed E-state index contributed by atoms with van der Waals surface area (Å²) in [6.45, 7) is 1.70. The number of sulfonamides is 1. The van der Waals surface area contributed by atoms with Crippen molar-refractivity contribution in [2.24, 2.45) is 0 Å². The minimum Gasteiger partial charge on any atom is -0.459 e. The van der Waals surface area contributed by atoms with Gasteiger partial charge >= 0.3 is 0 Å². The van der Waals surface area contributed by atoms with Crippen LogP contribution < -0.4 is 10.0 Å². The van der Waals surface area contributed by atoms with Crippen LogP contribution in [0.3, 0.4) is 0 Å². The highest BCUT2D eigenvalue weighted by molar-refractivity contribution is 7.92. The lowest BCUT2D eigenvalue weighted by Crippen LogP contribution is -2.26. The number of rotatable bonds is 7. The van der Waals surface area contributed by atoms with Crippen molar-refractivity contribution in [3.63, 3.8) is 0 Å². The van der Waals surface area contributed by atoms with Gasteiger partial charge in [-0.15, -0.1) is 0 Å². The molecule has 32 heavy (non-hydrogen) atoms. The molecule has 2 aromatic heterocycles. The van der Waals surface area contributed by atoms with Gasteiger partial charge in [-0.05, 0) is 67.6 Å². The number of anilines is 1. The van der Waals surface area contributed by atoms with Crippen molar-refractivity contribution >= 4 is 33.2 Å². The van der Waals surface area contributed by atoms with Crippen molar-refractivity contribution in [2.45, 2.75) is 17.9 Å². The molecule has 9 nitrogen and oxygen atoms in total. The minimum atomic E-state index is -3.75. The van der Waals surface area contributed by atoms with E-state index in [-0.39, 0.29) is 16.5 Å². The fraction of sp³-hybridized carbons (Fsp3) is 0.0952. The Hall–Kier alpha value is -3.63. The lowest BCUT2D eigenvalue weighted by atomic mass is 10.2. The van der Waals surface area contributed by atoms with Crippen LogP contribution in [0.15, 0.2) is 80.8 Å². The van der Waals surface area contributed by atoms with E-state index in [1.807, 2.05) is 0 Å². The zero-order valence-corrected chi connectivity index (χ0v) is 18.2. The van der Waals surface area contributed by atoms with Crippen LogP contribution in [-0.4, -0.2) is 24.5 Å². The fourth-order valence-corrected chi connectivity index (χ4v) is 3.97. The number of aromatic nitrogens is 2. The summed E-state index contributed by atoms with van der Waals surface area (Å²) < 4.78 is 37.8. The molecule has 0 unspecified atom stereocenters. The molecule has 2 heterocycles. The third kappa shape index (κ3) is 4.82. The van der Waals surface area contributed by atoms with Gasteiger partial charge in [0.05, 0.1) is 11.2 Å². The third-order valence-electron chi connectivity index (χ3n) is 4.42. The van der Waals surface area contributed by atoms with Crippen molar-refractivity contribution < 1.29 is 22.2 Å². The molecule has 4 aromatic rings. The average molecular weight is 473 g/mol. The van der Waals surface area contributed by atoms with Crippen molar-refractivity contribution in [1.29, 1.82) is 0 Å². The number of hydrogen-bond acceptors (Lipinski definition) is 7. The van der Waals surface area contributed by atoms with E-state index >= 15 is 0 Å². The number of carbonyl (C=O) groups excluding carboxylic acids is 1. The second-order valence-electron chi connectivity index (χ2n) is 6.77. The van der Waals surface area contributed by atoms with Crippen molar-refractivity contribution in [1.82, 2.24) is 15.5 Å². The van der Waals surface area contributed by atoms with Gasteiger partial charge in [0.15, 0.2) is 5.76 Å². The molecule has 0 aliphatic heterocycles. The topological polar surface area (TPSA) is 127 Å². The summed E-state index contributed by atoms with van der Waals surface area (Å²) in [6, 6.07) is 14.9. The molecule has 0 saturated heterocycles. The Bertz CT molecular complexity index is 1320. The molecule has 0 saturated carbocycles. The SMILES string of the molecule is C[C@@H](NC(=O)c1ccco1)c1nc(-c2ccc(NS(=O)(=O)c3ccc(Cl)cc3)cc2)no1. The number of nitrogens with zero attached hydrogens (tertiary/aromatic N) is 2. The van der Waals surface area contributed by atoms with Gasteiger partial charge in [0.2, 0.25) is 11.7 Å². The van der Waals surface area contributed by atoms with Gasteiger partial charge in [-0.3, -0.25) is 9.52 Å². The number of nitrogens with one attached hydrogen (secondary N) is 2. The Labute approximate surface area is 188 Å². The third-order valence-corrected chi connectivity index (χ3v) is 6.07. The number of amides is 1. The predicted molar refractivity (Wildman–Crippen MR) is 117 cm³/mol. The standard InChI is InChI=1S/C21H17ClN4O5S/c1-13(23-20(27)18-3-2-12-30-18)21-24-19(25-31-21)14-4-8-16(9-5-14)26-32(28,29)17-10-6-15(22)7-11-17/h2-13,26H,1H3,(H,23,27)/t13-/m1/s1. The van der Waals surface area contributed by atoms with E-state index in [1.54, 1.807) is 43.3 Å². The summed E-state index contributed by atoms with van der Waals surface area (Å²) in [7, 11) is -3.75. The first-order chi connectivity index (χ1) is 15.3.